The molecular weight excluding hydrogens is 218 g/mol. The number of rotatable bonds is 4. The lowest BCUT2D eigenvalue weighted by molar-refractivity contribution is -0.130. The molecule has 2 saturated carbocycles. The van der Waals surface area contributed by atoms with Crippen molar-refractivity contribution in [2.75, 3.05) is 0 Å². The summed E-state index contributed by atoms with van der Waals surface area (Å²) in [5, 5.41) is 14.7. The van der Waals surface area contributed by atoms with E-state index >= 15 is 0 Å². The molecule has 5 nitrogen and oxygen atoms in total. The summed E-state index contributed by atoms with van der Waals surface area (Å²) in [5.41, 5.74) is 5.37. The van der Waals surface area contributed by atoms with E-state index in [9.17, 15) is 4.79 Å². The zero-order valence-electron chi connectivity index (χ0n) is 10.3. The van der Waals surface area contributed by atoms with E-state index in [1.54, 1.807) is 0 Å². The first-order valence-corrected chi connectivity index (χ1v) is 6.35. The van der Waals surface area contributed by atoms with Gasteiger partial charge in [0, 0.05) is 5.41 Å². The second kappa shape index (κ2) is 4.55. The van der Waals surface area contributed by atoms with Gasteiger partial charge in [0.25, 0.3) is 0 Å². The predicted octanol–water partition coefficient (Wildman–Crippen LogP) is 1.21. The Bertz CT molecular complexity index is 331. The fourth-order valence-corrected chi connectivity index (χ4v) is 2.62. The normalized spacial score (nSPS) is 25.6. The average Bonchev–Trinajstić information content (AvgIpc) is 3.07. The van der Waals surface area contributed by atoms with E-state index in [4.69, 9.17) is 10.9 Å². The minimum Gasteiger partial charge on any atom is -0.409 e. The molecule has 0 radical (unpaired) electrons. The van der Waals surface area contributed by atoms with Gasteiger partial charge in [-0.05, 0) is 31.6 Å². The third-order valence-corrected chi connectivity index (χ3v) is 4.07. The molecule has 96 valence electrons. The molecule has 0 aliphatic heterocycles. The zero-order chi connectivity index (χ0) is 12.5. The Morgan fingerprint density at radius 3 is 2.53 bits per heavy atom. The van der Waals surface area contributed by atoms with Gasteiger partial charge >= 0.3 is 0 Å². The summed E-state index contributed by atoms with van der Waals surface area (Å²) in [6, 6.07) is -0.287. The van der Waals surface area contributed by atoms with Gasteiger partial charge in [-0.25, -0.2) is 0 Å². The van der Waals surface area contributed by atoms with Crippen LogP contribution in [0.15, 0.2) is 5.16 Å². The van der Waals surface area contributed by atoms with Crippen molar-refractivity contribution >= 4 is 11.7 Å². The molecule has 1 amide bonds. The lowest BCUT2D eigenvalue weighted by Crippen LogP contribution is -2.50. The van der Waals surface area contributed by atoms with Crippen LogP contribution in [0, 0.1) is 11.3 Å². The van der Waals surface area contributed by atoms with Crippen LogP contribution in [0.2, 0.25) is 0 Å². The number of nitrogens with one attached hydrogen (secondary N) is 1. The molecular formula is C12H21N3O2. The maximum atomic E-state index is 12.2. The van der Waals surface area contributed by atoms with Crippen LogP contribution in [-0.2, 0) is 4.79 Å². The average molecular weight is 239 g/mol. The van der Waals surface area contributed by atoms with Crippen LogP contribution in [0.25, 0.3) is 0 Å². The van der Waals surface area contributed by atoms with Crippen molar-refractivity contribution in [3.63, 3.8) is 0 Å². The van der Waals surface area contributed by atoms with Crippen LogP contribution in [0.1, 0.15) is 45.4 Å². The van der Waals surface area contributed by atoms with E-state index in [2.05, 4.69) is 10.5 Å². The Labute approximate surface area is 101 Å². The van der Waals surface area contributed by atoms with Gasteiger partial charge in [-0.15, -0.1) is 0 Å². The Morgan fingerprint density at radius 2 is 2.06 bits per heavy atom. The van der Waals surface area contributed by atoms with Gasteiger partial charge in [0.2, 0.25) is 5.91 Å². The summed E-state index contributed by atoms with van der Waals surface area (Å²) < 4.78 is 0. The fraction of sp³-hybridized carbons (Fsp3) is 0.833. The van der Waals surface area contributed by atoms with Crippen molar-refractivity contribution in [1.29, 1.82) is 0 Å². The molecule has 0 aromatic rings. The van der Waals surface area contributed by atoms with Crippen LogP contribution in [0.4, 0.5) is 0 Å². The van der Waals surface area contributed by atoms with Crippen molar-refractivity contribution in [3.05, 3.63) is 0 Å². The number of amidine groups is 1. The van der Waals surface area contributed by atoms with Gasteiger partial charge in [-0.1, -0.05) is 24.9 Å². The molecule has 0 aromatic carbocycles. The first-order valence-electron chi connectivity index (χ1n) is 6.35. The van der Waals surface area contributed by atoms with E-state index < -0.39 is 0 Å². The molecule has 1 atom stereocenters. The standard InChI is InChI=1S/C12H21N3O2/c1-12(6-2-3-7-12)11(16)14-9(8-4-5-8)10(13)15-17/h8-9,17H,2-7H2,1H3,(H2,13,15)(H,14,16). The minimum atomic E-state index is -0.287. The van der Waals surface area contributed by atoms with Crippen molar-refractivity contribution < 1.29 is 10.0 Å². The van der Waals surface area contributed by atoms with Gasteiger partial charge in [0.1, 0.15) is 0 Å². The highest BCUT2D eigenvalue weighted by molar-refractivity contribution is 5.92. The topological polar surface area (TPSA) is 87.7 Å². The number of nitrogens with two attached hydrogens (primary N) is 1. The molecule has 2 aliphatic rings. The van der Waals surface area contributed by atoms with E-state index in [1.807, 2.05) is 6.92 Å². The van der Waals surface area contributed by atoms with E-state index in [1.165, 1.54) is 0 Å². The van der Waals surface area contributed by atoms with Gasteiger partial charge < -0.3 is 16.3 Å². The Balaban J connectivity index is 2.00. The molecule has 0 aromatic heterocycles. The number of oxime groups is 1. The highest BCUT2D eigenvalue weighted by Gasteiger charge is 2.41. The lowest BCUT2D eigenvalue weighted by atomic mass is 9.87. The maximum absolute atomic E-state index is 12.2. The second-order valence-electron chi connectivity index (χ2n) is 5.58. The van der Waals surface area contributed by atoms with Gasteiger partial charge in [0.15, 0.2) is 5.84 Å². The molecule has 0 bridgehead atoms. The summed E-state index contributed by atoms with van der Waals surface area (Å²) in [4.78, 5) is 12.2. The highest BCUT2D eigenvalue weighted by Crippen LogP contribution is 2.39. The molecule has 0 saturated heterocycles. The molecule has 2 aliphatic carbocycles. The third-order valence-electron chi connectivity index (χ3n) is 4.07. The molecule has 5 heteroatoms. The molecule has 17 heavy (non-hydrogen) atoms. The van der Waals surface area contributed by atoms with Crippen LogP contribution in [0.3, 0.4) is 0 Å². The van der Waals surface area contributed by atoms with Gasteiger partial charge in [-0.2, -0.15) is 0 Å². The van der Waals surface area contributed by atoms with Crippen LogP contribution >= 0.6 is 0 Å². The fourth-order valence-electron chi connectivity index (χ4n) is 2.62. The molecule has 2 rings (SSSR count). The molecule has 4 N–H and O–H groups in total. The van der Waals surface area contributed by atoms with Crippen LogP contribution in [-0.4, -0.2) is 23.0 Å². The van der Waals surface area contributed by atoms with Crippen LogP contribution in [0.5, 0.6) is 0 Å². The van der Waals surface area contributed by atoms with Crippen LogP contribution < -0.4 is 11.1 Å². The van der Waals surface area contributed by atoms with E-state index in [-0.39, 0.29) is 23.2 Å². The van der Waals surface area contributed by atoms with E-state index in [0.29, 0.717) is 5.92 Å². The number of hydrogen-bond donors (Lipinski definition) is 3. The predicted molar refractivity (Wildman–Crippen MR) is 64.6 cm³/mol. The smallest absolute Gasteiger partial charge is 0.226 e. The Hall–Kier alpha value is -1.26. The molecule has 1 unspecified atom stereocenters. The quantitative estimate of drug-likeness (QED) is 0.298. The minimum absolute atomic E-state index is 0.0542. The number of hydrogen-bond acceptors (Lipinski definition) is 3. The second-order valence-corrected chi connectivity index (χ2v) is 5.58. The number of carbonyl (C=O) groups excluding carboxylic acids is 1. The third kappa shape index (κ3) is 2.53. The number of nitrogens with zero attached hydrogens (tertiary/aromatic N) is 1. The lowest BCUT2D eigenvalue weighted by Gasteiger charge is -2.26. The maximum Gasteiger partial charge on any atom is 0.226 e. The summed E-state index contributed by atoms with van der Waals surface area (Å²) in [7, 11) is 0. The summed E-state index contributed by atoms with van der Waals surface area (Å²) in [6.45, 7) is 2.01. The van der Waals surface area contributed by atoms with Crippen molar-refractivity contribution in [3.8, 4) is 0 Å². The monoisotopic (exact) mass is 239 g/mol. The van der Waals surface area contributed by atoms with Crippen molar-refractivity contribution in [2.45, 2.75) is 51.5 Å². The number of amides is 1. The largest absolute Gasteiger partial charge is 0.409 e. The molecule has 2 fully saturated rings. The zero-order valence-corrected chi connectivity index (χ0v) is 10.3. The number of carbonyl (C=O) groups is 1. The van der Waals surface area contributed by atoms with Crippen molar-refractivity contribution in [1.82, 2.24) is 5.32 Å². The summed E-state index contributed by atoms with van der Waals surface area (Å²) in [5.74, 6) is 0.529. The van der Waals surface area contributed by atoms with Crippen molar-refractivity contribution in [2.24, 2.45) is 22.2 Å². The van der Waals surface area contributed by atoms with Gasteiger partial charge in [0.05, 0.1) is 6.04 Å². The first-order chi connectivity index (χ1) is 8.07. The highest BCUT2D eigenvalue weighted by atomic mass is 16.4. The SMILES string of the molecule is CC1(C(=O)NC(C(N)=NO)C2CC2)CCCC1. The molecule has 0 spiro atoms. The summed E-state index contributed by atoms with van der Waals surface area (Å²) >= 11 is 0. The summed E-state index contributed by atoms with van der Waals surface area (Å²) in [6.07, 6.45) is 6.18. The van der Waals surface area contributed by atoms with Gasteiger partial charge in [-0.3, -0.25) is 4.79 Å². The Morgan fingerprint density at radius 1 is 1.47 bits per heavy atom. The molecule has 0 heterocycles. The first kappa shape index (κ1) is 12.2. The van der Waals surface area contributed by atoms with E-state index in [0.717, 1.165) is 38.5 Å². The Kier molecular flexibility index (Phi) is 3.26.